The van der Waals surface area contributed by atoms with E-state index in [0.717, 1.165) is 5.56 Å². The first kappa shape index (κ1) is 18.5. The van der Waals surface area contributed by atoms with Crippen LogP contribution < -0.4 is 20.1 Å². The van der Waals surface area contributed by atoms with Crippen LogP contribution in [0.4, 0.5) is 0 Å². The molecule has 0 spiro atoms. The molecule has 1 aromatic carbocycles. The zero-order valence-electron chi connectivity index (χ0n) is 12.4. The van der Waals surface area contributed by atoms with Crippen molar-refractivity contribution in [2.75, 3.05) is 27.3 Å². The van der Waals surface area contributed by atoms with Gasteiger partial charge in [0.25, 0.3) is 5.91 Å². The average molecular weight is 303 g/mol. The van der Waals surface area contributed by atoms with Crippen LogP contribution in [0.3, 0.4) is 0 Å². The van der Waals surface area contributed by atoms with Crippen molar-refractivity contribution in [3.05, 3.63) is 23.8 Å². The van der Waals surface area contributed by atoms with Gasteiger partial charge in [-0.3, -0.25) is 4.79 Å². The first-order valence-electron chi connectivity index (χ1n) is 6.28. The van der Waals surface area contributed by atoms with Crippen LogP contribution in [-0.4, -0.2) is 39.3 Å². The van der Waals surface area contributed by atoms with Gasteiger partial charge in [-0.25, -0.2) is 0 Å². The lowest BCUT2D eigenvalue weighted by Crippen LogP contribution is -2.39. The number of halogens is 1. The lowest BCUT2D eigenvalue weighted by atomic mass is 10.2. The number of ether oxygens (including phenoxy) is 2. The second kappa shape index (κ2) is 9.44. The first-order chi connectivity index (χ1) is 9.06. The van der Waals surface area contributed by atoms with Gasteiger partial charge in [0, 0.05) is 12.6 Å². The third-order valence-corrected chi connectivity index (χ3v) is 2.78. The SMILES string of the molecule is CNC(C)CNC(=O)COc1ccc(C)cc1OC.Cl. The van der Waals surface area contributed by atoms with Crippen LogP contribution in [0.1, 0.15) is 12.5 Å². The van der Waals surface area contributed by atoms with E-state index in [-0.39, 0.29) is 31.0 Å². The summed E-state index contributed by atoms with van der Waals surface area (Å²) >= 11 is 0. The predicted molar refractivity (Wildman–Crippen MR) is 82.0 cm³/mol. The van der Waals surface area contributed by atoms with Gasteiger partial charge in [0.05, 0.1) is 7.11 Å². The molecule has 2 N–H and O–H groups in total. The summed E-state index contributed by atoms with van der Waals surface area (Å²) in [6.45, 7) is 4.52. The van der Waals surface area contributed by atoms with Gasteiger partial charge in [0.2, 0.25) is 0 Å². The number of hydrogen-bond donors (Lipinski definition) is 2. The summed E-state index contributed by atoms with van der Waals surface area (Å²) in [5.41, 5.74) is 1.08. The number of likely N-dealkylation sites (N-methyl/N-ethyl adjacent to an activating group) is 1. The molecule has 0 saturated carbocycles. The van der Waals surface area contributed by atoms with E-state index in [1.165, 1.54) is 0 Å². The lowest BCUT2D eigenvalue weighted by Gasteiger charge is -2.13. The average Bonchev–Trinajstić information content (AvgIpc) is 2.43. The molecule has 114 valence electrons. The number of amides is 1. The summed E-state index contributed by atoms with van der Waals surface area (Å²) in [7, 11) is 3.43. The maximum Gasteiger partial charge on any atom is 0.257 e. The Labute approximate surface area is 126 Å². The summed E-state index contributed by atoms with van der Waals surface area (Å²) in [6, 6.07) is 5.82. The molecule has 6 heteroatoms. The van der Waals surface area contributed by atoms with Gasteiger partial charge < -0.3 is 20.1 Å². The van der Waals surface area contributed by atoms with Crippen LogP contribution in [0.5, 0.6) is 11.5 Å². The van der Waals surface area contributed by atoms with Crippen molar-refractivity contribution in [3.8, 4) is 11.5 Å². The molecule has 0 fully saturated rings. The monoisotopic (exact) mass is 302 g/mol. The van der Waals surface area contributed by atoms with E-state index in [1.807, 2.05) is 33.0 Å². The maximum absolute atomic E-state index is 11.6. The van der Waals surface area contributed by atoms with Crippen molar-refractivity contribution in [1.29, 1.82) is 0 Å². The zero-order chi connectivity index (χ0) is 14.3. The second-order valence-electron chi connectivity index (χ2n) is 4.44. The van der Waals surface area contributed by atoms with Crippen molar-refractivity contribution in [2.24, 2.45) is 0 Å². The predicted octanol–water partition coefficient (Wildman–Crippen LogP) is 1.53. The minimum absolute atomic E-state index is 0. The van der Waals surface area contributed by atoms with E-state index in [4.69, 9.17) is 9.47 Å². The highest BCUT2D eigenvalue weighted by molar-refractivity contribution is 5.85. The van der Waals surface area contributed by atoms with Gasteiger partial charge in [-0.2, -0.15) is 0 Å². The van der Waals surface area contributed by atoms with Gasteiger partial charge in [0.1, 0.15) is 0 Å². The van der Waals surface area contributed by atoms with Crippen LogP contribution in [0.15, 0.2) is 18.2 Å². The largest absolute Gasteiger partial charge is 0.493 e. The quantitative estimate of drug-likeness (QED) is 0.802. The van der Waals surface area contributed by atoms with E-state index >= 15 is 0 Å². The van der Waals surface area contributed by atoms with E-state index in [1.54, 1.807) is 13.2 Å². The van der Waals surface area contributed by atoms with Crippen LogP contribution >= 0.6 is 12.4 Å². The first-order valence-corrected chi connectivity index (χ1v) is 6.28. The standard InChI is InChI=1S/C14H22N2O3.ClH/c1-10-5-6-12(13(7-10)18-4)19-9-14(17)16-8-11(2)15-3;/h5-7,11,15H,8-9H2,1-4H3,(H,16,17);1H. The van der Waals surface area contributed by atoms with E-state index in [2.05, 4.69) is 10.6 Å². The number of carbonyl (C=O) groups excluding carboxylic acids is 1. The minimum atomic E-state index is -0.148. The fourth-order valence-corrected chi connectivity index (χ4v) is 1.46. The molecule has 5 nitrogen and oxygen atoms in total. The van der Waals surface area contributed by atoms with Gasteiger partial charge in [0.15, 0.2) is 18.1 Å². The summed E-state index contributed by atoms with van der Waals surface area (Å²) < 4.78 is 10.7. The van der Waals surface area contributed by atoms with Gasteiger partial charge in [-0.05, 0) is 38.6 Å². The fraction of sp³-hybridized carbons (Fsp3) is 0.500. The van der Waals surface area contributed by atoms with Crippen LogP contribution in [0.2, 0.25) is 0 Å². The minimum Gasteiger partial charge on any atom is -0.493 e. The Hall–Kier alpha value is -1.46. The highest BCUT2D eigenvalue weighted by atomic mass is 35.5. The number of hydrogen-bond acceptors (Lipinski definition) is 4. The molecule has 1 atom stereocenters. The van der Waals surface area contributed by atoms with Gasteiger partial charge in [-0.15, -0.1) is 12.4 Å². The summed E-state index contributed by atoms with van der Waals surface area (Å²) in [6.07, 6.45) is 0. The molecule has 0 aliphatic carbocycles. The van der Waals surface area contributed by atoms with Crippen molar-refractivity contribution >= 4 is 18.3 Å². The summed E-state index contributed by atoms with van der Waals surface area (Å²) in [5, 5.41) is 5.83. The normalized spacial score (nSPS) is 11.2. The molecule has 1 unspecified atom stereocenters. The Balaban J connectivity index is 0.00000361. The zero-order valence-corrected chi connectivity index (χ0v) is 13.2. The van der Waals surface area contributed by atoms with Crippen molar-refractivity contribution < 1.29 is 14.3 Å². The highest BCUT2D eigenvalue weighted by Gasteiger charge is 2.08. The number of nitrogens with one attached hydrogen (secondary N) is 2. The number of carbonyl (C=O) groups is 1. The van der Waals surface area contributed by atoms with Gasteiger partial charge in [-0.1, -0.05) is 6.07 Å². The Morgan fingerprint density at radius 2 is 2.05 bits per heavy atom. The molecule has 0 bridgehead atoms. The molecular formula is C14H23ClN2O3. The van der Waals surface area contributed by atoms with Crippen LogP contribution in [-0.2, 0) is 4.79 Å². The molecule has 0 aliphatic heterocycles. The molecule has 0 aromatic heterocycles. The third kappa shape index (κ3) is 6.12. The third-order valence-electron chi connectivity index (χ3n) is 2.78. The highest BCUT2D eigenvalue weighted by Crippen LogP contribution is 2.27. The number of methoxy groups -OCH3 is 1. The molecule has 20 heavy (non-hydrogen) atoms. The number of rotatable bonds is 7. The number of benzene rings is 1. The maximum atomic E-state index is 11.6. The number of aryl methyl sites for hydroxylation is 1. The van der Waals surface area contributed by atoms with Crippen molar-refractivity contribution in [2.45, 2.75) is 19.9 Å². The molecule has 1 rings (SSSR count). The van der Waals surface area contributed by atoms with E-state index < -0.39 is 0 Å². The Morgan fingerprint density at radius 3 is 2.65 bits per heavy atom. The molecule has 0 heterocycles. The van der Waals surface area contributed by atoms with Crippen molar-refractivity contribution in [3.63, 3.8) is 0 Å². The van der Waals surface area contributed by atoms with Crippen LogP contribution in [0, 0.1) is 6.92 Å². The topological polar surface area (TPSA) is 59.6 Å². The van der Waals surface area contributed by atoms with E-state index in [9.17, 15) is 4.79 Å². The molecule has 0 saturated heterocycles. The second-order valence-corrected chi connectivity index (χ2v) is 4.44. The Kier molecular flexibility index (Phi) is 8.76. The lowest BCUT2D eigenvalue weighted by molar-refractivity contribution is -0.123. The van der Waals surface area contributed by atoms with Gasteiger partial charge >= 0.3 is 0 Å². The Morgan fingerprint density at radius 1 is 1.35 bits per heavy atom. The Bertz CT molecular complexity index is 427. The fourth-order valence-electron chi connectivity index (χ4n) is 1.46. The molecule has 1 amide bonds. The summed E-state index contributed by atoms with van der Waals surface area (Å²) in [5.74, 6) is 1.06. The molecular weight excluding hydrogens is 280 g/mol. The molecule has 0 aliphatic rings. The molecule has 0 radical (unpaired) electrons. The van der Waals surface area contributed by atoms with Crippen molar-refractivity contribution in [1.82, 2.24) is 10.6 Å². The smallest absolute Gasteiger partial charge is 0.257 e. The molecule has 1 aromatic rings. The van der Waals surface area contributed by atoms with E-state index in [0.29, 0.717) is 18.0 Å². The van der Waals surface area contributed by atoms with Crippen LogP contribution in [0.25, 0.3) is 0 Å². The summed E-state index contributed by atoms with van der Waals surface area (Å²) in [4.78, 5) is 11.6.